The van der Waals surface area contributed by atoms with Gasteiger partial charge in [-0.25, -0.2) is 0 Å². The summed E-state index contributed by atoms with van der Waals surface area (Å²) in [7, 11) is 1.45. The van der Waals surface area contributed by atoms with Gasteiger partial charge in [0.15, 0.2) is 11.5 Å². The first kappa shape index (κ1) is 42.6. The molecule has 11 heteroatoms. The molecule has 2 aliphatic heterocycles. The normalized spacial score (nSPS) is 39.4. The van der Waals surface area contributed by atoms with E-state index in [9.17, 15) is 35.7 Å². The summed E-state index contributed by atoms with van der Waals surface area (Å²) in [5.74, 6) is 1.99. The van der Waals surface area contributed by atoms with Crippen LogP contribution in [0.3, 0.4) is 0 Å². The number of aliphatic hydroxyl groups is 5. The van der Waals surface area contributed by atoms with E-state index in [0.717, 1.165) is 74.7 Å². The largest absolute Gasteiger partial charge is 0.504 e. The molecule has 0 amide bonds. The van der Waals surface area contributed by atoms with Gasteiger partial charge in [-0.05, 0) is 165 Å². The standard InChI is InChI=1S/C51H69NO10/c1-60-50-37(19-28-13-17-52-25-28)45(38(26-53)48(57)49(50)58)44-23-40(55)34-7-5-30(22-43(34)62-44)29-6-10-42-36(20-29)46-35(9-8-33-32-4-2-3-31(32)21-41(56)47(33)46)39(54)12-16-51(59)15-11-27(24-51)14-18-61-42/h6,10,13,17,20,25,27,30-35,39-41,43-44,46-47,52-59H,2-5,7-9,11-12,14-16,18-19,21-24,26H2,1H3/t27-,30-,31-,32-,33+,34+,35+,39-,40+,41+,43+,44+,46-,47-,51-/m1/s1. The van der Waals surface area contributed by atoms with E-state index < -0.39 is 48.1 Å². The number of aromatic amines is 1. The van der Waals surface area contributed by atoms with E-state index in [1.807, 2.05) is 18.5 Å². The van der Waals surface area contributed by atoms with Crippen LogP contribution < -0.4 is 9.47 Å². The van der Waals surface area contributed by atoms with Gasteiger partial charge < -0.3 is 54.9 Å². The summed E-state index contributed by atoms with van der Waals surface area (Å²) in [6.07, 6.45) is 14.8. The van der Waals surface area contributed by atoms with E-state index in [1.54, 1.807) is 0 Å². The summed E-state index contributed by atoms with van der Waals surface area (Å²) < 4.78 is 19.5. The molecule has 3 heterocycles. The van der Waals surface area contributed by atoms with Crippen molar-refractivity contribution in [3.8, 4) is 23.0 Å². The fourth-order valence-electron chi connectivity index (χ4n) is 14.8. The van der Waals surface area contributed by atoms with Crippen LogP contribution in [0.4, 0.5) is 0 Å². The van der Waals surface area contributed by atoms with Crippen LogP contribution in [0.1, 0.15) is 154 Å². The van der Waals surface area contributed by atoms with Crippen molar-refractivity contribution >= 4 is 0 Å². The number of rotatable bonds is 6. The number of ether oxygens (including phenoxy) is 3. The molecule has 338 valence electrons. The minimum Gasteiger partial charge on any atom is -0.504 e. The van der Waals surface area contributed by atoms with Crippen molar-refractivity contribution in [3.05, 3.63) is 70.0 Å². The summed E-state index contributed by atoms with van der Waals surface area (Å²) in [6, 6.07) is 8.62. The van der Waals surface area contributed by atoms with Gasteiger partial charge in [-0.2, -0.15) is 0 Å². The van der Waals surface area contributed by atoms with Crippen molar-refractivity contribution in [2.24, 2.45) is 41.4 Å². The van der Waals surface area contributed by atoms with Crippen molar-refractivity contribution in [3.63, 3.8) is 0 Å². The van der Waals surface area contributed by atoms with Gasteiger partial charge in [0.25, 0.3) is 0 Å². The maximum Gasteiger partial charge on any atom is 0.201 e. The van der Waals surface area contributed by atoms with Crippen LogP contribution in [0.15, 0.2) is 36.7 Å². The number of nitrogens with one attached hydrogen (secondary N) is 1. The molecule has 8 N–H and O–H groups in total. The van der Waals surface area contributed by atoms with Gasteiger partial charge in [0.2, 0.25) is 5.75 Å². The Kier molecular flexibility index (Phi) is 11.9. The second-order valence-corrected chi connectivity index (χ2v) is 20.8. The van der Waals surface area contributed by atoms with Crippen LogP contribution in [0.25, 0.3) is 0 Å². The van der Waals surface area contributed by atoms with Crippen LogP contribution in [0.2, 0.25) is 0 Å². The van der Waals surface area contributed by atoms with Gasteiger partial charge in [-0.1, -0.05) is 25.0 Å². The highest BCUT2D eigenvalue weighted by Gasteiger charge is 2.55. The SMILES string of the molecule is COc1c(O)c(O)c(CO)c([C@@H]2C[C@H](O)[C@@H]3CC[C@@H](c4ccc5c(c4)[C@H]4[C@@H](CC[C@H]6[C@@H]7CCC[C@@H]7C[C@H](O)[C@@H]64)[C@H](O)CC[C@]4(O)CC[C@H](CCO5)C4)C[C@@H]3O2)c1Cc1cc[nH]c1. The molecule has 0 unspecified atom stereocenters. The smallest absolute Gasteiger partial charge is 0.201 e. The minimum absolute atomic E-state index is 0.0261. The number of hydrogen-bond acceptors (Lipinski definition) is 10. The third kappa shape index (κ3) is 7.64. The predicted molar refractivity (Wildman–Crippen MR) is 232 cm³/mol. The zero-order chi connectivity index (χ0) is 42.9. The van der Waals surface area contributed by atoms with Crippen molar-refractivity contribution in [1.82, 2.24) is 4.98 Å². The molecule has 5 aliphatic carbocycles. The highest BCUT2D eigenvalue weighted by Crippen LogP contribution is 2.61. The fourth-order valence-corrected chi connectivity index (χ4v) is 14.8. The van der Waals surface area contributed by atoms with E-state index in [2.05, 4.69) is 23.2 Å². The fraction of sp³-hybridized carbons (Fsp3) is 0.686. The van der Waals surface area contributed by atoms with Gasteiger partial charge in [0.05, 0.1) is 56.4 Å². The van der Waals surface area contributed by atoms with Gasteiger partial charge in [-0.15, -0.1) is 0 Å². The number of methoxy groups -OCH3 is 1. The predicted octanol–water partition coefficient (Wildman–Crippen LogP) is 7.65. The summed E-state index contributed by atoms with van der Waals surface area (Å²) in [6.45, 7) is 0.0350. The number of aliphatic hydroxyl groups excluding tert-OH is 4. The van der Waals surface area contributed by atoms with Crippen LogP contribution in [0.5, 0.6) is 23.0 Å². The van der Waals surface area contributed by atoms with Crippen LogP contribution in [-0.4, -0.2) is 84.5 Å². The summed E-state index contributed by atoms with van der Waals surface area (Å²) in [5, 5.41) is 80.8. The number of phenols is 2. The molecule has 1 saturated heterocycles. The highest BCUT2D eigenvalue weighted by atomic mass is 16.5. The lowest BCUT2D eigenvalue weighted by Gasteiger charge is -2.53. The molecular formula is C51H69NO10. The van der Waals surface area contributed by atoms with Crippen LogP contribution in [-0.2, 0) is 17.8 Å². The maximum atomic E-state index is 12.2. The molecule has 0 spiro atoms. The number of aromatic hydroxyl groups is 2. The van der Waals surface area contributed by atoms with Gasteiger partial charge in [0, 0.05) is 42.3 Å². The number of benzene rings is 2. The average molecular weight is 856 g/mol. The molecule has 7 aliphatic rings. The average Bonchev–Trinajstić information content (AvgIpc) is 4.06. The third-order valence-corrected chi connectivity index (χ3v) is 17.7. The first-order chi connectivity index (χ1) is 30.0. The first-order valence-corrected chi connectivity index (χ1v) is 24.1. The van der Waals surface area contributed by atoms with E-state index in [0.29, 0.717) is 67.1 Å². The molecule has 62 heavy (non-hydrogen) atoms. The topological polar surface area (TPSA) is 185 Å². The van der Waals surface area contributed by atoms with E-state index >= 15 is 0 Å². The van der Waals surface area contributed by atoms with Gasteiger partial charge in [0.1, 0.15) is 5.75 Å². The zero-order valence-corrected chi connectivity index (χ0v) is 36.3. The minimum atomic E-state index is -0.737. The maximum absolute atomic E-state index is 12.2. The molecule has 0 radical (unpaired) electrons. The number of aromatic nitrogens is 1. The Morgan fingerprint density at radius 3 is 2.44 bits per heavy atom. The lowest BCUT2D eigenvalue weighted by Crippen LogP contribution is -2.50. The molecule has 3 aromatic rings. The Bertz CT molecular complexity index is 2060. The second kappa shape index (κ2) is 17.2. The van der Waals surface area contributed by atoms with Crippen molar-refractivity contribution in [2.45, 2.75) is 164 Å². The monoisotopic (exact) mass is 855 g/mol. The molecule has 2 aromatic carbocycles. The summed E-state index contributed by atoms with van der Waals surface area (Å²) >= 11 is 0. The Balaban J connectivity index is 0.995. The molecule has 11 nitrogen and oxygen atoms in total. The molecule has 6 fully saturated rings. The third-order valence-electron chi connectivity index (χ3n) is 17.7. The van der Waals surface area contributed by atoms with Crippen molar-refractivity contribution < 1.29 is 50.0 Å². The van der Waals surface area contributed by atoms with Gasteiger partial charge >= 0.3 is 0 Å². The molecule has 1 aromatic heterocycles. The number of hydrogen-bond donors (Lipinski definition) is 8. The lowest BCUT2D eigenvalue weighted by molar-refractivity contribution is -0.154. The second-order valence-electron chi connectivity index (χ2n) is 20.8. The zero-order valence-electron chi connectivity index (χ0n) is 36.3. The highest BCUT2D eigenvalue weighted by molar-refractivity contribution is 5.64. The van der Waals surface area contributed by atoms with E-state index in [4.69, 9.17) is 14.2 Å². The van der Waals surface area contributed by atoms with Gasteiger partial charge in [-0.3, -0.25) is 0 Å². The van der Waals surface area contributed by atoms with Crippen molar-refractivity contribution in [2.75, 3.05) is 13.7 Å². The Morgan fingerprint density at radius 2 is 1.63 bits per heavy atom. The van der Waals surface area contributed by atoms with Crippen LogP contribution >= 0.6 is 0 Å². The first-order valence-electron chi connectivity index (χ1n) is 24.1. The van der Waals surface area contributed by atoms with Crippen LogP contribution in [0, 0.1) is 41.4 Å². The lowest BCUT2D eigenvalue weighted by atomic mass is 9.53. The molecule has 15 atom stereocenters. The number of H-pyrrole nitrogens is 1. The molecule has 10 rings (SSSR count). The molecular weight excluding hydrogens is 787 g/mol. The molecule has 2 bridgehead atoms. The summed E-state index contributed by atoms with van der Waals surface area (Å²) in [5.41, 5.74) is 3.79. The Morgan fingerprint density at radius 1 is 0.806 bits per heavy atom. The molecule has 5 saturated carbocycles. The van der Waals surface area contributed by atoms with E-state index in [-0.39, 0.29) is 53.4 Å². The summed E-state index contributed by atoms with van der Waals surface area (Å²) in [4.78, 5) is 3.08. The van der Waals surface area contributed by atoms with E-state index in [1.165, 1.54) is 31.9 Å². The van der Waals surface area contributed by atoms with Crippen molar-refractivity contribution in [1.29, 1.82) is 0 Å². The number of phenolic OH excluding ortho intramolecular Hbond substituents is 1. The number of fused-ring (bicyclic) bond motifs is 10. The Hall–Kier alpha value is -3.32. The Labute approximate surface area is 365 Å². The quantitative estimate of drug-likeness (QED) is 0.115.